The predicted octanol–water partition coefficient (Wildman–Crippen LogP) is 3.69. The van der Waals surface area contributed by atoms with Gasteiger partial charge in [-0.3, -0.25) is 0 Å². The van der Waals surface area contributed by atoms with Crippen LogP contribution in [0.15, 0.2) is 41.4 Å². The molecule has 2 aromatic carbocycles. The molecule has 0 radical (unpaired) electrons. The zero-order valence-corrected chi connectivity index (χ0v) is 21.7. The summed E-state index contributed by atoms with van der Waals surface area (Å²) in [7, 11) is 8.91. The van der Waals surface area contributed by atoms with Crippen molar-refractivity contribution in [3.05, 3.63) is 47.5 Å². The van der Waals surface area contributed by atoms with Crippen LogP contribution < -0.4 is 29.7 Å². The summed E-state index contributed by atoms with van der Waals surface area (Å²) in [5.41, 5.74) is 3.46. The van der Waals surface area contributed by atoms with Crippen molar-refractivity contribution in [2.45, 2.75) is 19.9 Å². The third-order valence-corrected chi connectivity index (χ3v) is 4.65. The quantitative estimate of drug-likeness (QED) is 0.271. The number of nitrogens with zero attached hydrogens (tertiary/aromatic N) is 2. The highest BCUT2D eigenvalue weighted by molar-refractivity contribution is 14.0. The van der Waals surface area contributed by atoms with Crippen molar-refractivity contribution in [2.75, 3.05) is 53.4 Å². The smallest absolute Gasteiger partial charge is 0.203 e. The van der Waals surface area contributed by atoms with Gasteiger partial charge in [0.15, 0.2) is 17.5 Å². The van der Waals surface area contributed by atoms with Gasteiger partial charge >= 0.3 is 0 Å². The fourth-order valence-electron chi connectivity index (χ4n) is 3.02. The first kappa shape index (κ1) is 26.7. The molecule has 0 fully saturated rings. The lowest BCUT2D eigenvalue weighted by atomic mass is 10.1. The Hall–Kier alpha value is -2.36. The second-order valence-corrected chi connectivity index (χ2v) is 6.97. The summed E-state index contributed by atoms with van der Waals surface area (Å²) >= 11 is 0. The SMILES string of the molecule is CCNC(=NCc1cc(OC)c(OC)c(OC)c1)NCCc1ccc(N(C)C)cc1.I. The van der Waals surface area contributed by atoms with Gasteiger partial charge in [-0.1, -0.05) is 12.1 Å². The first-order valence-corrected chi connectivity index (χ1v) is 10.1. The van der Waals surface area contributed by atoms with Gasteiger partial charge in [-0.2, -0.15) is 0 Å². The van der Waals surface area contributed by atoms with Gasteiger partial charge in [0.25, 0.3) is 0 Å². The van der Waals surface area contributed by atoms with Gasteiger partial charge in [-0.25, -0.2) is 4.99 Å². The van der Waals surface area contributed by atoms with Crippen LogP contribution in [-0.4, -0.2) is 54.5 Å². The van der Waals surface area contributed by atoms with Crippen LogP contribution in [0.3, 0.4) is 0 Å². The van der Waals surface area contributed by atoms with Crippen molar-refractivity contribution in [1.82, 2.24) is 10.6 Å². The minimum atomic E-state index is 0. The first-order chi connectivity index (χ1) is 14.5. The molecular weight excluding hydrogens is 507 g/mol. The lowest BCUT2D eigenvalue weighted by Crippen LogP contribution is -2.38. The van der Waals surface area contributed by atoms with E-state index in [0.717, 1.165) is 31.0 Å². The second-order valence-electron chi connectivity index (χ2n) is 6.97. The van der Waals surface area contributed by atoms with Crippen molar-refractivity contribution in [2.24, 2.45) is 4.99 Å². The summed E-state index contributed by atoms with van der Waals surface area (Å²) in [6, 6.07) is 12.4. The summed E-state index contributed by atoms with van der Waals surface area (Å²) in [5.74, 6) is 2.61. The molecule has 172 valence electrons. The lowest BCUT2D eigenvalue weighted by molar-refractivity contribution is 0.324. The molecule has 0 atom stereocenters. The predicted molar refractivity (Wildman–Crippen MR) is 139 cm³/mol. The fourth-order valence-corrected chi connectivity index (χ4v) is 3.02. The molecule has 0 saturated heterocycles. The van der Waals surface area contributed by atoms with E-state index in [2.05, 4.69) is 46.7 Å². The van der Waals surface area contributed by atoms with E-state index in [9.17, 15) is 0 Å². The number of anilines is 1. The van der Waals surface area contributed by atoms with Crippen molar-refractivity contribution in [1.29, 1.82) is 0 Å². The van der Waals surface area contributed by atoms with Crippen molar-refractivity contribution < 1.29 is 14.2 Å². The molecule has 0 aliphatic heterocycles. The second kappa shape index (κ2) is 13.8. The van der Waals surface area contributed by atoms with Gasteiger partial charge in [0, 0.05) is 32.9 Å². The van der Waals surface area contributed by atoms with Crippen LogP contribution >= 0.6 is 24.0 Å². The van der Waals surface area contributed by atoms with E-state index < -0.39 is 0 Å². The summed E-state index contributed by atoms with van der Waals surface area (Å²) in [6.07, 6.45) is 0.919. The minimum Gasteiger partial charge on any atom is -0.493 e. The number of methoxy groups -OCH3 is 3. The Morgan fingerprint density at radius 1 is 0.903 bits per heavy atom. The highest BCUT2D eigenvalue weighted by Gasteiger charge is 2.13. The van der Waals surface area contributed by atoms with Crippen molar-refractivity contribution >= 4 is 35.6 Å². The van der Waals surface area contributed by atoms with Crippen LogP contribution in [0.5, 0.6) is 17.2 Å². The third kappa shape index (κ3) is 8.01. The number of hydrogen-bond acceptors (Lipinski definition) is 5. The van der Waals surface area contributed by atoms with E-state index in [1.54, 1.807) is 21.3 Å². The Morgan fingerprint density at radius 2 is 1.52 bits per heavy atom. The Labute approximate surface area is 203 Å². The molecule has 7 nitrogen and oxygen atoms in total. The summed E-state index contributed by atoms with van der Waals surface area (Å²) < 4.78 is 16.2. The molecule has 0 spiro atoms. The maximum Gasteiger partial charge on any atom is 0.203 e. The van der Waals surface area contributed by atoms with Crippen molar-refractivity contribution in [3.8, 4) is 17.2 Å². The van der Waals surface area contributed by atoms with Crippen LogP contribution in [0.4, 0.5) is 5.69 Å². The average molecular weight is 542 g/mol. The number of rotatable bonds is 10. The van der Waals surface area contributed by atoms with E-state index in [4.69, 9.17) is 19.2 Å². The number of nitrogens with one attached hydrogen (secondary N) is 2. The van der Waals surface area contributed by atoms with E-state index in [0.29, 0.717) is 23.8 Å². The Kier molecular flexibility index (Phi) is 11.9. The molecule has 2 aromatic rings. The number of ether oxygens (including phenoxy) is 3. The number of benzene rings is 2. The minimum absolute atomic E-state index is 0. The van der Waals surface area contributed by atoms with Crippen LogP contribution in [0.25, 0.3) is 0 Å². The first-order valence-electron chi connectivity index (χ1n) is 10.1. The molecule has 8 heteroatoms. The summed E-state index contributed by atoms with van der Waals surface area (Å²) in [6.45, 7) is 4.13. The lowest BCUT2D eigenvalue weighted by Gasteiger charge is -2.15. The number of aliphatic imine (C=N–C) groups is 1. The maximum atomic E-state index is 5.42. The Balaban J connectivity index is 0.00000480. The van der Waals surface area contributed by atoms with E-state index in [1.165, 1.54) is 11.3 Å². The summed E-state index contributed by atoms with van der Waals surface area (Å²) in [5, 5.41) is 6.69. The van der Waals surface area contributed by atoms with Crippen molar-refractivity contribution in [3.63, 3.8) is 0 Å². The topological polar surface area (TPSA) is 67.4 Å². The van der Waals surface area contributed by atoms with E-state index in [-0.39, 0.29) is 24.0 Å². The molecule has 2 N–H and O–H groups in total. The fraction of sp³-hybridized carbons (Fsp3) is 0.435. The zero-order chi connectivity index (χ0) is 21.9. The van der Waals surface area contributed by atoms with E-state index >= 15 is 0 Å². The van der Waals surface area contributed by atoms with Gasteiger partial charge in [-0.05, 0) is 48.7 Å². The molecule has 0 heterocycles. The highest BCUT2D eigenvalue weighted by Crippen LogP contribution is 2.38. The molecule has 31 heavy (non-hydrogen) atoms. The molecule has 0 aliphatic carbocycles. The molecule has 0 amide bonds. The Morgan fingerprint density at radius 3 is 2.00 bits per heavy atom. The largest absolute Gasteiger partial charge is 0.493 e. The molecular formula is C23H35IN4O3. The molecule has 0 unspecified atom stereocenters. The number of guanidine groups is 1. The molecule has 0 bridgehead atoms. The van der Waals surface area contributed by atoms with Crippen LogP contribution in [0.2, 0.25) is 0 Å². The zero-order valence-electron chi connectivity index (χ0n) is 19.3. The molecule has 0 saturated carbocycles. The van der Waals surface area contributed by atoms with E-state index in [1.807, 2.05) is 26.2 Å². The molecule has 2 rings (SSSR count). The van der Waals surface area contributed by atoms with Gasteiger partial charge < -0.3 is 29.7 Å². The third-order valence-electron chi connectivity index (χ3n) is 4.65. The monoisotopic (exact) mass is 542 g/mol. The van der Waals surface area contributed by atoms with Crippen LogP contribution in [0.1, 0.15) is 18.1 Å². The normalized spacial score (nSPS) is 10.7. The number of hydrogen-bond donors (Lipinski definition) is 2. The van der Waals surface area contributed by atoms with Gasteiger partial charge in [0.2, 0.25) is 5.75 Å². The maximum absolute atomic E-state index is 5.42. The van der Waals surface area contributed by atoms with Gasteiger partial charge in [0.1, 0.15) is 0 Å². The molecule has 0 aliphatic rings. The average Bonchev–Trinajstić information content (AvgIpc) is 2.76. The van der Waals surface area contributed by atoms with Gasteiger partial charge in [-0.15, -0.1) is 24.0 Å². The van der Waals surface area contributed by atoms with Crippen LogP contribution in [0, 0.1) is 0 Å². The number of halogens is 1. The Bertz CT molecular complexity index is 801. The summed E-state index contributed by atoms with van der Waals surface area (Å²) in [4.78, 5) is 6.79. The van der Waals surface area contributed by atoms with Gasteiger partial charge in [0.05, 0.1) is 27.9 Å². The molecule has 0 aromatic heterocycles. The standard InChI is InChI=1S/C23H34N4O3.HI/c1-7-24-23(25-13-12-17-8-10-19(11-9-17)27(2)3)26-16-18-14-20(28-4)22(30-6)21(15-18)29-5;/h8-11,14-15H,7,12-13,16H2,1-6H3,(H2,24,25,26);1H. The van der Waals surface area contributed by atoms with Crippen LogP contribution in [-0.2, 0) is 13.0 Å². The highest BCUT2D eigenvalue weighted by atomic mass is 127.